The van der Waals surface area contributed by atoms with Crippen molar-refractivity contribution in [2.45, 2.75) is 38.0 Å². The molecule has 2 fully saturated rings. The fraction of sp³-hybridized carbons (Fsp3) is 0.562. The molecule has 1 N–H and O–H groups in total. The van der Waals surface area contributed by atoms with Crippen LogP contribution in [-0.4, -0.2) is 41.5 Å². The maximum Gasteiger partial charge on any atom is 0.241 e. The second-order valence-corrected chi connectivity index (χ2v) is 6.88. The van der Waals surface area contributed by atoms with E-state index in [0.29, 0.717) is 6.04 Å². The zero-order valence-corrected chi connectivity index (χ0v) is 13.4. The Balaban J connectivity index is 1.85. The van der Waals surface area contributed by atoms with Crippen LogP contribution in [0, 0.1) is 0 Å². The van der Waals surface area contributed by atoms with Crippen molar-refractivity contribution in [3.8, 4) is 5.75 Å². The molecule has 5 heteroatoms. The fourth-order valence-electron chi connectivity index (χ4n) is 3.14. The van der Waals surface area contributed by atoms with Crippen LogP contribution >= 0.6 is 11.8 Å². The van der Waals surface area contributed by atoms with Gasteiger partial charge in [0.2, 0.25) is 5.91 Å². The van der Waals surface area contributed by atoms with Gasteiger partial charge in [-0.1, -0.05) is 12.1 Å². The number of thioether (sulfide) groups is 1. The highest BCUT2D eigenvalue weighted by molar-refractivity contribution is 7.99. The van der Waals surface area contributed by atoms with Crippen molar-refractivity contribution in [3.05, 3.63) is 29.8 Å². The lowest BCUT2D eigenvalue weighted by Gasteiger charge is -2.35. The predicted octanol–water partition coefficient (Wildman–Crippen LogP) is 2.41. The summed E-state index contributed by atoms with van der Waals surface area (Å²) in [5.41, 5.74) is 1.13. The molecule has 0 aliphatic carbocycles. The van der Waals surface area contributed by atoms with E-state index >= 15 is 0 Å². The highest BCUT2D eigenvalue weighted by Crippen LogP contribution is 2.33. The normalized spacial score (nSPS) is 27.1. The van der Waals surface area contributed by atoms with Crippen molar-refractivity contribution < 1.29 is 9.53 Å². The molecule has 1 aromatic carbocycles. The van der Waals surface area contributed by atoms with Gasteiger partial charge in [-0.25, -0.2) is 0 Å². The third-order valence-corrected chi connectivity index (χ3v) is 5.38. The standard InChI is InChI=1S/C16H22N2O2S/c1-11-16(19)18(13-7-9-21-10-8-13)15(17-11)12-3-5-14(20-2)6-4-12/h3-6,11,13,15,17H,7-10H2,1-2H3. The van der Waals surface area contributed by atoms with E-state index in [4.69, 9.17) is 4.74 Å². The molecule has 0 radical (unpaired) electrons. The van der Waals surface area contributed by atoms with E-state index in [2.05, 4.69) is 10.2 Å². The summed E-state index contributed by atoms with van der Waals surface area (Å²) < 4.78 is 5.21. The molecule has 0 saturated carbocycles. The van der Waals surface area contributed by atoms with Crippen LogP contribution in [0.2, 0.25) is 0 Å². The van der Waals surface area contributed by atoms with Gasteiger partial charge in [-0.15, -0.1) is 0 Å². The van der Waals surface area contributed by atoms with E-state index in [1.165, 1.54) is 0 Å². The zero-order valence-electron chi connectivity index (χ0n) is 12.5. The van der Waals surface area contributed by atoms with E-state index in [1.54, 1.807) is 7.11 Å². The number of rotatable bonds is 3. The van der Waals surface area contributed by atoms with Gasteiger partial charge in [-0.05, 0) is 49.0 Å². The van der Waals surface area contributed by atoms with Gasteiger partial charge in [0.25, 0.3) is 0 Å². The van der Waals surface area contributed by atoms with Gasteiger partial charge in [-0.3, -0.25) is 10.1 Å². The minimum Gasteiger partial charge on any atom is -0.497 e. The molecule has 3 rings (SSSR count). The Morgan fingerprint density at radius 2 is 1.90 bits per heavy atom. The molecule has 0 spiro atoms. The molecule has 2 atom stereocenters. The Kier molecular flexibility index (Phi) is 4.40. The van der Waals surface area contributed by atoms with E-state index in [-0.39, 0.29) is 18.1 Å². The molecule has 0 aromatic heterocycles. The maximum absolute atomic E-state index is 12.5. The lowest BCUT2D eigenvalue weighted by atomic mass is 10.1. The molecule has 4 nitrogen and oxygen atoms in total. The molecule has 2 heterocycles. The smallest absolute Gasteiger partial charge is 0.241 e. The molecule has 2 aliphatic heterocycles. The van der Waals surface area contributed by atoms with Crippen molar-refractivity contribution >= 4 is 17.7 Å². The summed E-state index contributed by atoms with van der Waals surface area (Å²) in [6.07, 6.45) is 2.18. The molecule has 2 unspecified atom stereocenters. The summed E-state index contributed by atoms with van der Waals surface area (Å²) in [4.78, 5) is 14.6. The average Bonchev–Trinajstić information content (AvgIpc) is 2.84. The van der Waals surface area contributed by atoms with Crippen molar-refractivity contribution in [2.75, 3.05) is 18.6 Å². The molecule has 1 aromatic rings. The van der Waals surface area contributed by atoms with Crippen molar-refractivity contribution in [3.63, 3.8) is 0 Å². The summed E-state index contributed by atoms with van der Waals surface area (Å²) in [5.74, 6) is 3.38. The van der Waals surface area contributed by atoms with Gasteiger partial charge in [0.05, 0.1) is 13.2 Å². The summed E-state index contributed by atoms with van der Waals surface area (Å²) in [6, 6.07) is 8.27. The summed E-state index contributed by atoms with van der Waals surface area (Å²) >= 11 is 1.99. The van der Waals surface area contributed by atoms with Crippen molar-refractivity contribution in [1.82, 2.24) is 10.2 Å². The first-order valence-corrected chi connectivity index (χ1v) is 8.66. The number of methoxy groups -OCH3 is 1. The SMILES string of the molecule is COc1ccc(C2NC(C)C(=O)N2C2CCSCC2)cc1. The summed E-state index contributed by atoms with van der Waals surface area (Å²) in [7, 11) is 1.67. The molecule has 114 valence electrons. The van der Waals surface area contributed by atoms with E-state index in [0.717, 1.165) is 35.7 Å². The second-order valence-electron chi connectivity index (χ2n) is 5.65. The quantitative estimate of drug-likeness (QED) is 0.931. The van der Waals surface area contributed by atoms with E-state index in [1.807, 2.05) is 43.0 Å². The number of nitrogens with zero attached hydrogens (tertiary/aromatic N) is 1. The first-order chi connectivity index (χ1) is 10.2. The summed E-state index contributed by atoms with van der Waals surface area (Å²) in [5, 5.41) is 3.43. The Hall–Kier alpha value is -1.20. The topological polar surface area (TPSA) is 41.6 Å². The minimum absolute atomic E-state index is 0.00786. The van der Waals surface area contributed by atoms with Crippen LogP contribution in [0.4, 0.5) is 0 Å². The number of carbonyl (C=O) groups is 1. The van der Waals surface area contributed by atoms with Gasteiger partial charge in [0.15, 0.2) is 0 Å². The lowest BCUT2D eigenvalue weighted by molar-refractivity contribution is -0.132. The van der Waals surface area contributed by atoms with Gasteiger partial charge in [0, 0.05) is 6.04 Å². The Bertz CT molecular complexity index is 500. The van der Waals surface area contributed by atoms with Crippen LogP contribution in [0.3, 0.4) is 0 Å². The third kappa shape index (κ3) is 2.90. The molecule has 2 saturated heterocycles. The van der Waals surface area contributed by atoms with Gasteiger partial charge < -0.3 is 9.64 Å². The van der Waals surface area contributed by atoms with Crippen LogP contribution < -0.4 is 10.1 Å². The van der Waals surface area contributed by atoms with Crippen LogP contribution in [0.1, 0.15) is 31.5 Å². The lowest BCUT2D eigenvalue weighted by Crippen LogP contribution is -2.42. The fourth-order valence-corrected chi connectivity index (χ4v) is 4.22. The number of hydrogen-bond acceptors (Lipinski definition) is 4. The average molecular weight is 306 g/mol. The number of nitrogens with one attached hydrogen (secondary N) is 1. The van der Waals surface area contributed by atoms with Crippen LogP contribution in [0.5, 0.6) is 5.75 Å². The third-order valence-electron chi connectivity index (χ3n) is 4.33. The second kappa shape index (κ2) is 6.28. The van der Waals surface area contributed by atoms with Crippen LogP contribution in [-0.2, 0) is 4.79 Å². The summed E-state index contributed by atoms with van der Waals surface area (Å²) in [6.45, 7) is 1.95. The molecule has 2 aliphatic rings. The highest BCUT2D eigenvalue weighted by Gasteiger charge is 2.41. The predicted molar refractivity (Wildman–Crippen MR) is 85.5 cm³/mol. The molecular formula is C16H22N2O2S. The van der Waals surface area contributed by atoms with E-state index < -0.39 is 0 Å². The minimum atomic E-state index is -0.105. The number of hydrogen-bond donors (Lipinski definition) is 1. The Labute approximate surface area is 130 Å². The van der Waals surface area contributed by atoms with Crippen molar-refractivity contribution in [2.24, 2.45) is 0 Å². The molecule has 1 amide bonds. The number of carbonyl (C=O) groups excluding carboxylic acids is 1. The van der Waals surface area contributed by atoms with Crippen LogP contribution in [0.25, 0.3) is 0 Å². The maximum atomic E-state index is 12.5. The van der Waals surface area contributed by atoms with Crippen LogP contribution in [0.15, 0.2) is 24.3 Å². The highest BCUT2D eigenvalue weighted by atomic mass is 32.2. The Morgan fingerprint density at radius 1 is 1.24 bits per heavy atom. The Morgan fingerprint density at radius 3 is 2.52 bits per heavy atom. The number of benzene rings is 1. The zero-order chi connectivity index (χ0) is 14.8. The monoisotopic (exact) mass is 306 g/mol. The van der Waals surface area contributed by atoms with E-state index in [9.17, 15) is 4.79 Å². The molecule has 0 bridgehead atoms. The van der Waals surface area contributed by atoms with Crippen molar-refractivity contribution in [1.29, 1.82) is 0 Å². The largest absolute Gasteiger partial charge is 0.497 e. The molecule has 21 heavy (non-hydrogen) atoms. The number of ether oxygens (including phenoxy) is 1. The first-order valence-electron chi connectivity index (χ1n) is 7.50. The van der Waals surface area contributed by atoms with Gasteiger partial charge >= 0.3 is 0 Å². The van der Waals surface area contributed by atoms with Gasteiger partial charge in [0.1, 0.15) is 11.9 Å². The number of amides is 1. The van der Waals surface area contributed by atoms with Gasteiger partial charge in [-0.2, -0.15) is 11.8 Å². The first kappa shape index (κ1) is 14.7. The molecular weight excluding hydrogens is 284 g/mol.